The van der Waals surface area contributed by atoms with Gasteiger partial charge in [-0.2, -0.15) is 23.5 Å². The predicted molar refractivity (Wildman–Crippen MR) is 41.6 cm³/mol. The maximum atomic E-state index is 12.4. The number of halogens is 6. The molecule has 0 aliphatic rings. The van der Waals surface area contributed by atoms with Gasteiger partial charge in [0.2, 0.25) is 0 Å². The minimum absolute atomic E-state index is 0.271. The molecule has 0 aliphatic carbocycles. The number of rotatable bonds is 1. The second kappa shape index (κ2) is 3.43. The van der Waals surface area contributed by atoms with Gasteiger partial charge in [-0.25, -0.2) is 0 Å². The average molecular weight is 242 g/mol. The summed E-state index contributed by atoms with van der Waals surface area (Å²) in [5, 5.41) is 11.1. The SMILES string of the molecule is Cn1nc(C(F)(F)F)c([B-](F)(F)F)c1C#N. The smallest absolute Gasteiger partial charge is 0.445 e. The highest BCUT2D eigenvalue weighted by Gasteiger charge is 2.45. The molecule has 0 radical (unpaired) electrons. The highest BCUT2D eigenvalue weighted by Crippen LogP contribution is 2.29. The summed E-state index contributed by atoms with van der Waals surface area (Å²) in [4.78, 5) is 0. The van der Waals surface area contributed by atoms with Crippen LogP contribution in [0.1, 0.15) is 11.4 Å². The standard InChI is InChI=1S/C6H3BF6N3/c1-16-3(2-14)4(7(11,12)13)5(15-16)6(8,9)10/h1H3/q-1. The number of hydrogen-bond acceptors (Lipinski definition) is 2. The fraction of sp³-hybridized carbons (Fsp3) is 0.333. The van der Waals surface area contributed by atoms with Crippen LogP contribution in [0.15, 0.2) is 0 Å². The molecule has 1 heterocycles. The van der Waals surface area contributed by atoms with E-state index in [2.05, 4.69) is 5.10 Å². The number of nitriles is 1. The van der Waals surface area contributed by atoms with Crippen LogP contribution in [-0.4, -0.2) is 16.8 Å². The van der Waals surface area contributed by atoms with Crippen molar-refractivity contribution in [3.05, 3.63) is 11.4 Å². The minimum Gasteiger partial charge on any atom is -0.445 e. The number of aryl methyl sites for hydroxylation is 1. The Morgan fingerprint density at radius 1 is 1.31 bits per heavy atom. The van der Waals surface area contributed by atoms with Crippen LogP contribution in [-0.2, 0) is 13.2 Å². The first-order valence-corrected chi connectivity index (χ1v) is 3.83. The van der Waals surface area contributed by atoms with Crippen LogP contribution in [0.3, 0.4) is 0 Å². The van der Waals surface area contributed by atoms with Crippen molar-refractivity contribution in [3.8, 4) is 6.07 Å². The Morgan fingerprint density at radius 2 is 1.81 bits per heavy atom. The summed E-state index contributed by atoms with van der Waals surface area (Å²) < 4.78 is 74.2. The summed E-state index contributed by atoms with van der Waals surface area (Å²) in [5.74, 6) is 0. The van der Waals surface area contributed by atoms with E-state index in [0.717, 1.165) is 13.1 Å². The van der Waals surface area contributed by atoms with Crippen LogP contribution in [0.5, 0.6) is 0 Å². The van der Waals surface area contributed by atoms with E-state index in [4.69, 9.17) is 5.26 Å². The second-order valence-corrected chi connectivity index (χ2v) is 2.92. The van der Waals surface area contributed by atoms with Crippen molar-refractivity contribution < 1.29 is 26.1 Å². The summed E-state index contributed by atoms with van der Waals surface area (Å²) >= 11 is 0. The number of aromatic nitrogens is 2. The van der Waals surface area contributed by atoms with Crippen molar-refractivity contribution >= 4 is 12.4 Å². The van der Waals surface area contributed by atoms with Crippen LogP contribution in [0.2, 0.25) is 0 Å². The summed E-state index contributed by atoms with van der Waals surface area (Å²) in [6, 6.07) is 1.06. The first-order chi connectivity index (χ1) is 7.09. The molecule has 1 aromatic rings. The summed E-state index contributed by atoms with van der Waals surface area (Å²) in [6.07, 6.45) is -5.24. The Morgan fingerprint density at radius 3 is 2.12 bits per heavy atom. The van der Waals surface area contributed by atoms with E-state index in [1.54, 1.807) is 0 Å². The molecule has 0 bridgehead atoms. The van der Waals surface area contributed by atoms with Crippen molar-refractivity contribution in [1.29, 1.82) is 5.26 Å². The van der Waals surface area contributed by atoms with E-state index in [1.807, 2.05) is 0 Å². The van der Waals surface area contributed by atoms with Gasteiger partial charge in [0.1, 0.15) is 17.5 Å². The Labute approximate surface area is 85.3 Å². The zero-order chi connectivity index (χ0) is 12.7. The van der Waals surface area contributed by atoms with Gasteiger partial charge in [0.25, 0.3) is 0 Å². The second-order valence-electron chi connectivity index (χ2n) is 2.92. The molecule has 0 spiro atoms. The summed E-state index contributed by atoms with van der Waals surface area (Å²) in [6.45, 7) is -5.94. The van der Waals surface area contributed by atoms with Crippen LogP contribution >= 0.6 is 0 Å². The number of alkyl halides is 3. The van der Waals surface area contributed by atoms with Gasteiger partial charge in [-0.15, -0.1) is 0 Å². The van der Waals surface area contributed by atoms with E-state index in [9.17, 15) is 26.1 Å². The molecule has 3 nitrogen and oxygen atoms in total. The summed E-state index contributed by atoms with van der Waals surface area (Å²) in [5.41, 5.74) is -5.20. The van der Waals surface area contributed by atoms with E-state index in [0.29, 0.717) is 0 Å². The molecule has 0 N–H and O–H groups in total. The zero-order valence-electron chi connectivity index (χ0n) is 7.69. The van der Waals surface area contributed by atoms with E-state index in [-0.39, 0.29) is 4.68 Å². The van der Waals surface area contributed by atoms with Gasteiger partial charge in [0, 0.05) is 7.05 Å². The van der Waals surface area contributed by atoms with Gasteiger partial charge in [-0.05, 0) is 5.46 Å². The molecular weight excluding hydrogens is 239 g/mol. The Bertz CT molecular complexity index is 451. The Kier molecular flexibility index (Phi) is 2.66. The lowest BCUT2D eigenvalue weighted by atomic mass is 9.78. The maximum Gasteiger partial charge on any atom is 0.514 e. The number of nitrogens with zero attached hydrogens (tertiary/aromatic N) is 3. The van der Waals surface area contributed by atoms with Gasteiger partial charge in [0.15, 0.2) is 0 Å². The maximum absolute atomic E-state index is 12.4. The molecule has 0 aromatic carbocycles. The van der Waals surface area contributed by atoms with Crippen molar-refractivity contribution in [1.82, 2.24) is 9.78 Å². The summed E-state index contributed by atoms with van der Waals surface area (Å²) in [7, 11) is 0.846. The van der Waals surface area contributed by atoms with Crippen LogP contribution < -0.4 is 5.46 Å². The fourth-order valence-corrected chi connectivity index (χ4v) is 1.19. The van der Waals surface area contributed by atoms with Gasteiger partial charge < -0.3 is 12.9 Å². The van der Waals surface area contributed by atoms with E-state index >= 15 is 0 Å². The molecule has 0 amide bonds. The van der Waals surface area contributed by atoms with Crippen LogP contribution in [0, 0.1) is 11.3 Å². The van der Waals surface area contributed by atoms with Crippen LogP contribution in [0.4, 0.5) is 26.1 Å². The highest BCUT2D eigenvalue weighted by atomic mass is 19.4. The first-order valence-electron chi connectivity index (χ1n) is 3.83. The third-order valence-electron chi connectivity index (χ3n) is 1.79. The molecule has 1 aromatic heterocycles. The van der Waals surface area contributed by atoms with Crippen molar-refractivity contribution in [2.24, 2.45) is 7.05 Å². The molecule has 0 saturated carbocycles. The Hall–Kier alpha value is -1.66. The van der Waals surface area contributed by atoms with Crippen molar-refractivity contribution in [3.63, 3.8) is 0 Å². The molecule has 0 fully saturated rings. The normalized spacial score (nSPS) is 12.6. The topological polar surface area (TPSA) is 41.6 Å². The van der Waals surface area contributed by atoms with Gasteiger partial charge in [-0.3, -0.25) is 4.68 Å². The molecule has 0 unspecified atom stereocenters. The number of hydrogen-bond donors (Lipinski definition) is 0. The molecule has 0 saturated heterocycles. The monoisotopic (exact) mass is 242 g/mol. The molecular formula is C6H3BF6N3-. The molecule has 10 heteroatoms. The van der Waals surface area contributed by atoms with Crippen molar-refractivity contribution in [2.75, 3.05) is 0 Å². The largest absolute Gasteiger partial charge is 0.514 e. The molecule has 16 heavy (non-hydrogen) atoms. The predicted octanol–water partition coefficient (Wildman–Crippen LogP) is 1.36. The molecule has 0 aliphatic heterocycles. The quantitative estimate of drug-likeness (QED) is 0.551. The fourth-order valence-electron chi connectivity index (χ4n) is 1.19. The molecule has 88 valence electrons. The lowest BCUT2D eigenvalue weighted by molar-refractivity contribution is -0.140. The van der Waals surface area contributed by atoms with E-state index < -0.39 is 30.0 Å². The Balaban J connectivity index is 3.61. The van der Waals surface area contributed by atoms with Gasteiger partial charge in [0.05, 0.1) is 0 Å². The third kappa shape index (κ3) is 1.98. The third-order valence-corrected chi connectivity index (χ3v) is 1.79. The van der Waals surface area contributed by atoms with Crippen molar-refractivity contribution in [2.45, 2.75) is 6.18 Å². The average Bonchev–Trinajstić information content (AvgIpc) is 2.40. The lowest BCUT2D eigenvalue weighted by Gasteiger charge is -2.16. The first kappa shape index (κ1) is 12.4. The zero-order valence-corrected chi connectivity index (χ0v) is 7.69. The van der Waals surface area contributed by atoms with Gasteiger partial charge in [-0.1, -0.05) is 0 Å². The molecule has 0 atom stereocenters. The van der Waals surface area contributed by atoms with E-state index in [1.165, 1.54) is 0 Å². The highest BCUT2D eigenvalue weighted by molar-refractivity contribution is 6.74. The molecule has 1 rings (SSSR count). The lowest BCUT2D eigenvalue weighted by Crippen LogP contribution is -2.40. The van der Waals surface area contributed by atoms with Crippen LogP contribution in [0.25, 0.3) is 0 Å². The minimum atomic E-state index is -5.94. The van der Waals surface area contributed by atoms with Gasteiger partial charge >= 0.3 is 13.2 Å².